The van der Waals surface area contributed by atoms with Gasteiger partial charge in [0.05, 0.1) is 0 Å². The third kappa shape index (κ3) is 2.88. The molecule has 0 radical (unpaired) electrons. The first-order chi connectivity index (χ1) is 7.88. The first-order valence-corrected chi connectivity index (χ1v) is 6.14. The average molecular weight is 244 g/mol. The molecule has 2 aromatic rings. The summed E-state index contributed by atoms with van der Waals surface area (Å²) in [7, 11) is 0. The molecule has 0 saturated carbocycles. The first-order valence-electron chi connectivity index (χ1n) is 5.33. The number of hydrogen-bond donors (Lipinski definition) is 0. The van der Waals surface area contributed by atoms with E-state index < -0.39 is 0 Å². The zero-order valence-corrected chi connectivity index (χ0v) is 10.3. The summed E-state index contributed by atoms with van der Waals surface area (Å²) in [5.74, 6) is 0. The Bertz CT molecular complexity index is 433. The Morgan fingerprint density at radius 1 is 0.750 bits per heavy atom. The molecule has 0 bridgehead atoms. The second-order valence-corrected chi connectivity index (χ2v) is 4.46. The van der Waals surface area contributed by atoms with E-state index in [1.165, 1.54) is 11.1 Å². The number of hydrogen-bond acceptors (Lipinski definition) is 0. The van der Waals surface area contributed by atoms with Gasteiger partial charge in [-0.25, -0.2) is 0 Å². The number of fused-ring (bicyclic) bond motifs is 1. The smallest absolute Gasteiger partial charge is 0.0623 e. The van der Waals surface area contributed by atoms with Gasteiger partial charge in [0.2, 0.25) is 0 Å². The normalized spacial score (nSPS) is 16.1. The summed E-state index contributed by atoms with van der Waals surface area (Å²) < 4.78 is 0.559. The van der Waals surface area contributed by atoms with Gasteiger partial charge in [0.1, 0.15) is 0 Å². The van der Waals surface area contributed by atoms with Crippen molar-refractivity contribution >= 4 is 6.08 Å². The fraction of sp³-hybridized carbons (Fsp3) is 0.0667. The molecule has 0 saturated heterocycles. The zero-order valence-electron chi connectivity index (χ0n) is 8.95. The summed E-state index contributed by atoms with van der Waals surface area (Å²) >= 11 is 2.67. The van der Waals surface area contributed by atoms with E-state index in [1.807, 2.05) is 36.4 Å². The molecule has 16 heavy (non-hydrogen) atoms. The molecule has 0 nitrogen and oxygen atoms in total. The van der Waals surface area contributed by atoms with Crippen molar-refractivity contribution in [2.24, 2.45) is 0 Å². The van der Waals surface area contributed by atoms with Crippen LogP contribution in [0.15, 0.2) is 66.7 Å². The van der Waals surface area contributed by atoms with Crippen LogP contribution in [-0.4, -0.2) is 0 Å². The molecule has 1 heteroatoms. The van der Waals surface area contributed by atoms with E-state index in [1.54, 1.807) is 0 Å². The van der Waals surface area contributed by atoms with Crippen LogP contribution in [0, 0.1) is 0 Å². The van der Waals surface area contributed by atoms with Gasteiger partial charge in [0.25, 0.3) is 0 Å². The summed E-state index contributed by atoms with van der Waals surface area (Å²) in [6, 6.07) is 20.5. The summed E-state index contributed by atoms with van der Waals surface area (Å²) in [6.45, 7) is 0. The Morgan fingerprint density at radius 3 is 1.88 bits per heavy atom. The predicted molar refractivity (Wildman–Crippen MR) is 64.7 cm³/mol. The van der Waals surface area contributed by atoms with Crippen molar-refractivity contribution in [1.29, 1.82) is 0 Å². The molecule has 2 aromatic carbocycles. The van der Waals surface area contributed by atoms with Crippen LogP contribution in [0.1, 0.15) is 15.8 Å². The SMILES string of the molecule is [V][CH]1C=Cc2ccccc21.c1ccccc1. The molecular formula is C15H13V. The molecule has 0 heterocycles. The summed E-state index contributed by atoms with van der Waals surface area (Å²) in [5, 5.41) is 0. The fourth-order valence-corrected chi connectivity index (χ4v) is 2.12. The minimum absolute atomic E-state index is 0.559. The Hall–Kier alpha value is -1.24. The van der Waals surface area contributed by atoms with Crippen molar-refractivity contribution in [2.75, 3.05) is 0 Å². The van der Waals surface area contributed by atoms with Crippen molar-refractivity contribution in [1.82, 2.24) is 0 Å². The summed E-state index contributed by atoms with van der Waals surface area (Å²) in [5.41, 5.74) is 2.80. The van der Waals surface area contributed by atoms with Crippen LogP contribution in [0.4, 0.5) is 0 Å². The van der Waals surface area contributed by atoms with Crippen LogP contribution in [-0.2, 0) is 17.4 Å². The number of benzene rings is 2. The molecule has 1 aliphatic carbocycles. The van der Waals surface area contributed by atoms with Crippen molar-refractivity contribution < 1.29 is 17.4 Å². The minimum Gasteiger partial charge on any atom is -0.0623 e. The van der Waals surface area contributed by atoms with Crippen molar-refractivity contribution in [3.63, 3.8) is 0 Å². The van der Waals surface area contributed by atoms with Crippen molar-refractivity contribution in [2.45, 2.75) is 4.63 Å². The molecule has 78 valence electrons. The van der Waals surface area contributed by atoms with Gasteiger partial charge in [-0.05, 0) is 0 Å². The Kier molecular flexibility index (Phi) is 4.04. The van der Waals surface area contributed by atoms with Crippen LogP contribution >= 0.6 is 0 Å². The molecule has 0 aliphatic heterocycles. The largest absolute Gasteiger partial charge is 0.0623 e. The third-order valence-corrected chi connectivity index (χ3v) is 3.14. The molecule has 0 aromatic heterocycles. The van der Waals surface area contributed by atoms with E-state index in [4.69, 9.17) is 0 Å². The molecule has 0 spiro atoms. The van der Waals surface area contributed by atoms with Gasteiger partial charge in [-0.2, -0.15) is 0 Å². The summed E-state index contributed by atoms with van der Waals surface area (Å²) in [4.78, 5) is 0. The van der Waals surface area contributed by atoms with E-state index >= 15 is 0 Å². The van der Waals surface area contributed by atoms with Crippen molar-refractivity contribution in [3.8, 4) is 0 Å². The zero-order chi connectivity index (χ0) is 11.2. The fourth-order valence-electron chi connectivity index (χ4n) is 1.62. The first kappa shape index (κ1) is 11.3. The molecule has 1 atom stereocenters. The molecule has 1 aliphatic rings. The van der Waals surface area contributed by atoms with Crippen LogP contribution in [0.5, 0.6) is 0 Å². The van der Waals surface area contributed by atoms with Crippen LogP contribution in [0.25, 0.3) is 6.08 Å². The minimum atomic E-state index is 0.559. The van der Waals surface area contributed by atoms with Gasteiger partial charge in [-0.3, -0.25) is 0 Å². The van der Waals surface area contributed by atoms with Gasteiger partial charge < -0.3 is 0 Å². The average Bonchev–Trinajstić information content (AvgIpc) is 2.75. The summed E-state index contributed by atoms with van der Waals surface area (Å²) in [6.07, 6.45) is 4.39. The Morgan fingerprint density at radius 2 is 1.31 bits per heavy atom. The predicted octanol–water partition coefficient (Wildman–Crippen LogP) is 3.99. The maximum Gasteiger partial charge on any atom is -0.0623 e. The van der Waals surface area contributed by atoms with Gasteiger partial charge in [-0.15, -0.1) is 0 Å². The van der Waals surface area contributed by atoms with Gasteiger partial charge in [-0.1, -0.05) is 36.4 Å². The Balaban J connectivity index is 0.000000138. The molecule has 0 N–H and O–H groups in total. The number of allylic oxidation sites excluding steroid dienone is 1. The maximum absolute atomic E-state index is 2.67. The van der Waals surface area contributed by atoms with Gasteiger partial charge in [0.15, 0.2) is 0 Å². The second-order valence-electron chi connectivity index (χ2n) is 3.59. The quantitative estimate of drug-likeness (QED) is 0.657. The van der Waals surface area contributed by atoms with E-state index in [-0.39, 0.29) is 0 Å². The van der Waals surface area contributed by atoms with Gasteiger partial charge in [0, 0.05) is 0 Å². The molecule has 1 unspecified atom stereocenters. The number of rotatable bonds is 0. The third-order valence-electron chi connectivity index (χ3n) is 2.44. The van der Waals surface area contributed by atoms with E-state index in [0.29, 0.717) is 4.63 Å². The molecular weight excluding hydrogens is 231 g/mol. The van der Waals surface area contributed by atoms with Crippen LogP contribution < -0.4 is 0 Å². The second kappa shape index (κ2) is 5.74. The van der Waals surface area contributed by atoms with Crippen LogP contribution in [0.3, 0.4) is 0 Å². The van der Waals surface area contributed by atoms with E-state index in [0.717, 1.165) is 0 Å². The topological polar surface area (TPSA) is 0 Å². The van der Waals surface area contributed by atoms with Crippen molar-refractivity contribution in [3.05, 3.63) is 77.9 Å². The van der Waals surface area contributed by atoms with Crippen LogP contribution in [0.2, 0.25) is 0 Å². The maximum atomic E-state index is 2.67. The molecule has 0 amide bonds. The van der Waals surface area contributed by atoms with Gasteiger partial charge >= 0.3 is 69.6 Å². The molecule has 3 rings (SSSR count). The monoisotopic (exact) mass is 244 g/mol. The van der Waals surface area contributed by atoms with E-state index in [9.17, 15) is 0 Å². The Labute approximate surface area is 106 Å². The molecule has 0 fully saturated rings. The van der Waals surface area contributed by atoms with E-state index in [2.05, 4.69) is 53.8 Å². The standard InChI is InChI=1S/C9H7.C6H6.V/c1-2-5-9-7-3-6-8(9)4-1;1-2-4-6-5-3-1;/h1-7H;1-6H;.